The molecule has 2 aromatic rings. The minimum atomic E-state index is 0.886. The van der Waals surface area contributed by atoms with Crippen molar-refractivity contribution in [2.75, 3.05) is 6.54 Å². The first kappa shape index (κ1) is 9.96. The molecule has 0 saturated carbocycles. The summed E-state index contributed by atoms with van der Waals surface area (Å²) in [5.41, 5.74) is 3.61. The van der Waals surface area contributed by atoms with Gasteiger partial charge in [-0.25, -0.2) is 4.68 Å². The van der Waals surface area contributed by atoms with E-state index in [4.69, 9.17) is 0 Å². The molecule has 0 bridgehead atoms. The zero-order chi connectivity index (χ0) is 11.5. The van der Waals surface area contributed by atoms with E-state index < -0.39 is 0 Å². The maximum absolute atomic E-state index is 4.19. The van der Waals surface area contributed by atoms with Crippen LogP contribution in [0.3, 0.4) is 0 Å². The largest absolute Gasteiger partial charge is 0.293 e. The van der Waals surface area contributed by atoms with Crippen LogP contribution in [0.5, 0.6) is 0 Å². The van der Waals surface area contributed by atoms with Crippen molar-refractivity contribution in [3.05, 3.63) is 48.3 Å². The molecule has 0 atom stereocenters. The number of aliphatic imine (C=N–C) groups is 1. The van der Waals surface area contributed by atoms with Crippen LogP contribution in [0.25, 0.3) is 11.3 Å². The first-order valence-corrected chi connectivity index (χ1v) is 5.59. The number of dihydropyridines is 1. The van der Waals surface area contributed by atoms with Crippen LogP contribution in [-0.2, 0) is 0 Å². The molecule has 3 rings (SSSR count). The third-order valence-corrected chi connectivity index (χ3v) is 2.82. The van der Waals surface area contributed by atoms with Crippen molar-refractivity contribution >= 4 is 11.8 Å². The van der Waals surface area contributed by atoms with Crippen molar-refractivity contribution in [2.45, 2.75) is 6.42 Å². The number of benzene rings is 1. The fourth-order valence-electron chi connectivity index (χ4n) is 1.90. The van der Waals surface area contributed by atoms with Crippen molar-refractivity contribution in [2.24, 2.45) is 4.99 Å². The third-order valence-electron chi connectivity index (χ3n) is 2.82. The first-order valence-electron chi connectivity index (χ1n) is 5.59. The standard InChI is InChI=1S/C13H12N4/c1-3-13(17-10-9-15-16-17)4-2-11(1)12-5-7-14-8-6-12/h1-5,7,9-10H,6,8H2. The normalized spacial score (nSPS) is 14.7. The van der Waals surface area contributed by atoms with E-state index >= 15 is 0 Å². The van der Waals surface area contributed by atoms with Crippen LogP contribution < -0.4 is 0 Å². The molecular weight excluding hydrogens is 212 g/mol. The number of rotatable bonds is 2. The van der Waals surface area contributed by atoms with Gasteiger partial charge in [-0.05, 0) is 35.8 Å². The maximum atomic E-state index is 4.19. The van der Waals surface area contributed by atoms with Crippen molar-refractivity contribution in [1.29, 1.82) is 0 Å². The molecule has 0 amide bonds. The molecule has 2 heterocycles. The van der Waals surface area contributed by atoms with E-state index in [1.165, 1.54) is 11.1 Å². The van der Waals surface area contributed by atoms with Gasteiger partial charge in [0.15, 0.2) is 0 Å². The highest BCUT2D eigenvalue weighted by atomic mass is 15.4. The van der Waals surface area contributed by atoms with Crippen LogP contribution >= 0.6 is 0 Å². The monoisotopic (exact) mass is 224 g/mol. The van der Waals surface area contributed by atoms with Gasteiger partial charge in [-0.3, -0.25) is 4.99 Å². The van der Waals surface area contributed by atoms with E-state index in [1.807, 2.05) is 12.4 Å². The Kier molecular flexibility index (Phi) is 2.54. The Balaban J connectivity index is 1.90. The topological polar surface area (TPSA) is 43.1 Å². The fourth-order valence-corrected chi connectivity index (χ4v) is 1.90. The first-order chi connectivity index (χ1) is 8.43. The zero-order valence-corrected chi connectivity index (χ0v) is 9.32. The Labute approximate surface area is 99.3 Å². The van der Waals surface area contributed by atoms with E-state index in [0.29, 0.717) is 0 Å². The van der Waals surface area contributed by atoms with Gasteiger partial charge >= 0.3 is 0 Å². The molecule has 4 heteroatoms. The Morgan fingerprint density at radius 2 is 2.00 bits per heavy atom. The van der Waals surface area contributed by atoms with Crippen LogP contribution in [0.15, 0.2) is 47.7 Å². The van der Waals surface area contributed by atoms with Crippen molar-refractivity contribution < 1.29 is 0 Å². The van der Waals surface area contributed by atoms with E-state index in [2.05, 4.69) is 45.6 Å². The summed E-state index contributed by atoms with van der Waals surface area (Å²) in [6.45, 7) is 0.886. The lowest BCUT2D eigenvalue weighted by Crippen LogP contribution is -1.97. The summed E-state index contributed by atoms with van der Waals surface area (Å²) in [6.07, 6.45) is 8.48. The maximum Gasteiger partial charge on any atom is 0.0697 e. The predicted molar refractivity (Wildman–Crippen MR) is 67.3 cm³/mol. The molecule has 0 spiro atoms. The number of allylic oxidation sites excluding steroid dienone is 1. The summed E-state index contributed by atoms with van der Waals surface area (Å²) in [5, 5.41) is 7.75. The highest BCUT2D eigenvalue weighted by Crippen LogP contribution is 2.20. The lowest BCUT2D eigenvalue weighted by atomic mass is 10.0. The van der Waals surface area contributed by atoms with Crippen molar-refractivity contribution in [3.8, 4) is 5.69 Å². The van der Waals surface area contributed by atoms with Crippen LogP contribution in [0.1, 0.15) is 12.0 Å². The van der Waals surface area contributed by atoms with Gasteiger partial charge in [0.2, 0.25) is 0 Å². The summed E-state index contributed by atoms with van der Waals surface area (Å²) < 4.78 is 1.75. The molecule has 0 N–H and O–H groups in total. The zero-order valence-electron chi connectivity index (χ0n) is 9.32. The minimum absolute atomic E-state index is 0.886. The lowest BCUT2D eigenvalue weighted by molar-refractivity contribution is 0.803. The van der Waals surface area contributed by atoms with Crippen LogP contribution in [-0.4, -0.2) is 27.8 Å². The summed E-state index contributed by atoms with van der Waals surface area (Å²) in [7, 11) is 0. The van der Waals surface area contributed by atoms with E-state index in [0.717, 1.165) is 18.7 Å². The molecule has 17 heavy (non-hydrogen) atoms. The Morgan fingerprint density at radius 3 is 2.65 bits per heavy atom. The molecule has 0 aliphatic carbocycles. The highest BCUT2D eigenvalue weighted by Gasteiger charge is 2.04. The second-order valence-corrected chi connectivity index (χ2v) is 3.89. The molecule has 84 valence electrons. The van der Waals surface area contributed by atoms with Gasteiger partial charge in [0.1, 0.15) is 0 Å². The third kappa shape index (κ3) is 2.01. The quantitative estimate of drug-likeness (QED) is 0.784. The van der Waals surface area contributed by atoms with Crippen LogP contribution in [0.2, 0.25) is 0 Å². The highest BCUT2D eigenvalue weighted by molar-refractivity contribution is 5.86. The van der Waals surface area contributed by atoms with Gasteiger partial charge in [0.05, 0.1) is 18.1 Å². The van der Waals surface area contributed by atoms with Gasteiger partial charge in [-0.1, -0.05) is 17.3 Å². The Bertz CT molecular complexity index is 550. The number of hydrogen-bond donors (Lipinski definition) is 0. The molecule has 0 unspecified atom stereocenters. The summed E-state index contributed by atoms with van der Waals surface area (Å²) in [6, 6.07) is 8.33. The van der Waals surface area contributed by atoms with Crippen molar-refractivity contribution in [1.82, 2.24) is 15.0 Å². The van der Waals surface area contributed by atoms with Gasteiger partial charge in [0, 0.05) is 12.8 Å². The van der Waals surface area contributed by atoms with E-state index in [-0.39, 0.29) is 0 Å². The molecular formula is C13H12N4. The van der Waals surface area contributed by atoms with E-state index in [9.17, 15) is 0 Å². The molecule has 1 aromatic carbocycles. The van der Waals surface area contributed by atoms with Gasteiger partial charge in [-0.2, -0.15) is 0 Å². The molecule has 1 aromatic heterocycles. The fraction of sp³-hybridized carbons (Fsp3) is 0.154. The smallest absolute Gasteiger partial charge is 0.0697 e. The molecule has 1 aliphatic heterocycles. The average Bonchev–Trinajstić information content (AvgIpc) is 2.94. The molecule has 1 aliphatic rings. The second kappa shape index (κ2) is 4.33. The number of aromatic nitrogens is 3. The number of nitrogens with zero attached hydrogens (tertiary/aromatic N) is 4. The molecule has 4 nitrogen and oxygen atoms in total. The molecule has 0 saturated heterocycles. The Hall–Kier alpha value is -2.23. The predicted octanol–water partition coefficient (Wildman–Crippen LogP) is 2.13. The SMILES string of the molecule is C1=NCCC(c2ccc(-n3ccnn3)cc2)=C1. The summed E-state index contributed by atoms with van der Waals surface area (Å²) >= 11 is 0. The summed E-state index contributed by atoms with van der Waals surface area (Å²) in [5.74, 6) is 0. The minimum Gasteiger partial charge on any atom is -0.293 e. The van der Waals surface area contributed by atoms with Gasteiger partial charge in [0.25, 0.3) is 0 Å². The lowest BCUT2D eigenvalue weighted by Gasteiger charge is -2.09. The summed E-state index contributed by atoms with van der Waals surface area (Å²) in [4.78, 5) is 4.19. The molecule has 0 radical (unpaired) electrons. The van der Waals surface area contributed by atoms with Gasteiger partial charge < -0.3 is 0 Å². The number of hydrogen-bond acceptors (Lipinski definition) is 3. The van der Waals surface area contributed by atoms with Gasteiger partial charge in [-0.15, -0.1) is 5.10 Å². The van der Waals surface area contributed by atoms with E-state index in [1.54, 1.807) is 10.9 Å². The average molecular weight is 224 g/mol. The van der Waals surface area contributed by atoms with Crippen LogP contribution in [0, 0.1) is 0 Å². The molecule has 0 fully saturated rings. The van der Waals surface area contributed by atoms with Crippen molar-refractivity contribution in [3.63, 3.8) is 0 Å². The Morgan fingerprint density at radius 1 is 1.12 bits per heavy atom. The second-order valence-electron chi connectivity index (χ2n) is 3.89. The van der Waals surface area contributed by atoms with Crippen LogP contribution in [0.4, 0.5) is 0 Å².